The minimum Gasteiger partial charge on any atom is -0.441 e. The average Bonchev–Trinajstić information content (AvgIpc) is 3.02. The minimum absolute atomic E-state index is 0.187. The fourth-order valence-electron chi connectivity index (χ4n) is 2.25. The number of hydrogen-bond acceptors (Lipinski definition) is 5. The van der Waals surface area contributed by atoms with E-state index in [1.165, 1.54) is 0 Å². The fourth-order valence-corrected chi connectivity index (χ4v) is 2.88. The molecule has 0 spiro atoms. The molecule has 2 aromatic heterocycles. The number of nitrogens with zero attached hydrogens (tertiary/aromatic N) is 2. The zero-order valence-corrected chi connectivity index (χ0v) is 11.1. The van der Waals surface area contributed by atoms with Gasteiger partial charge in [-0.25, -0.2) is 4.98 Å². The number of aromatic nitrogens is 1. The number of likely N-dealkylation sites (tertiary alicyclic amines) is 1. The van der Waals surface area contributed by atoms with Gasteiger partial charge < -0.3 is 9.52 Å². The highest BCUT2D eigenvalue weighted by Crippen LogP contribution is 2.25. The number of β-amino-alcohol motifs (C(OH)–C–C–N with tert-alkyl or cyclic N) is 1. The number of aliphatic hydroxyl groups is 1. The number of aliphatic hydroxyl groups excluding tert-OH is 1. The summed E-state index contributed by atoms with van der Waals surface area (Å²) < 4.78 is 5.70. The summed E-state index contributed by atoms with van der Waals surface area (Å²) in [6.45, 7) is 4.38. The minimum atomic E-state index is -0.187. The summed E-state index contributed by atoms with van der Waals surface area (Å²) >= 11 is 1.64. The second-order valence-electron chi connectivity index (χ2n) is 4.71. The van der Waals surface area contributed by atoms with Gasteiger partial charge in [0.1, 0.15) is 5.76 Å². The smallest absolute Gasteiger partial charge is 0.227 e. The molecule has 1 aliphatic heterocycles. The highest BCUT2D eigenvalue weighted by atomic mass is 32.1. The molecule has 1 aliphatic rings. The molecule has 0 amide bonds. The molecule has 0 aromatic carbocycles. The summed E-state index contributed by atoms with van der Waals surface area (Å²) in [5.74, 6) is 1.57. The zero-order chi connectivity index (χ0) is 12.5. The van der Waals surface area contributed by atoms with Crippen molar-refractivity contribution >= 4 is 11.3 Å². The van der Waals surface area contributed by atoms with E-state index in [1.54, 1.807) is 11.3 Å². The Balaban J connectivity index is 1.77. The van der Waals surface area contributed by atoms with Crippen LogP contribution in [0.15, 0.2) is 21.2 Å². The van der Waals surface area contributed by atoms with E-state index in [-0.39, 0.29) is 6.10 Å². The van der Waals surface area contributed by atoms with E-state index in [4.69, 9.17) is 4.42 Å². The molecular weight excluding hydrogens is 248 g/mol. The van der Waals surface area contributed by atoms with Crippen molar-refractivity contribution in [2.24, 2.45) is 0 Å². The van der Waals surface area contributed by atoms with Gasteiger partial charge in [0.2, 0.25) is 5.89 Å². The van der Waals surface area contributed by atoms with Crippen molar-refractivity contribution in [3.8, 4) is 11.5 Å². The Morgan fingerprint density at radius 1 is 1.61 bits per heavy atom. The zero-order valence-electron chi connectivity index (χ0n) is 10.3. The van der Waals surface area contributed by atoms with Gasteiger partial charge in [0.15, 0.2) is 0 Å². The largest absolute Gasteiger partial charge is 0.441 e. The molecule has 0 bridgehead atoms. The number of rotatable bonds is 3. The quantitative estimate of drug-likeness (QED) is 0.924. The Kier molecular flexibility index (Phi) is 3.20. The summed E-state index contributed by atoms with van der Waals surface area (Å²) in [6.07, 6.45) is 0.669. The number of aryl methyl sites for hydroxylation is 1. The first-order chi connectivity index (χ1) is 8.72. The molecule has 1 saturated heterocycles. The second kappa shape index (κ2) is 4.84. The van der Waals surface area contributed by atoms with E-state index in [1.807, 2.05) is 23.8 Å². The lowest BCUT2D eigenvalue weighted by molar-refractivity contribution is 0.174. The van der Waals surface area contributed by atoms with Crippen LogP contribution in [0.2, 0.25) is 0 Å². The van der Waals surface area contributed by atoms with E-state index in [0.29, 0.717) is 5.89 Å². The molecule has 1 N–H and O–H groups in total. The van der Waals surface area contributed by atoms with Gasteiger partial charge >= 0.3 is 0 Å². The van der Waals surface area contributed by atoms with Crippen LogP contribution >= 0.6 is 11.3 Å². The molecule has 1 unspecified atom stereocenters. The second-order valence-corrected chi connectivity index (χ2v) is 5.49. The Morgan fingerprint density at radius 3 is 3.17 bits per heavy atom. The first-order valence-electron chi connectivity index (χ1n) is 6.11. The summed E-state index contributed by atoms with van der Waals surface area (Å²) in [6, 6.07) is 2.01. The number of thiophene rings is 1. The molecular formula is C13H16N2O2S. The Labute approximate surface area is 110 Å². The summed E-state index contributed by atoms with van der Waals surface area (Å²) in [5.41, 5.74) is 2.01. The van der Waals surface area contributed by atoms with Crippen LogP contribution in [0.1, 0.15) is 17.9 Å². The van der Waals surface area contributed by atoms with Crippen LogP contribution in [0.25, 0.3) is 11.5 Å². The van der Waals surface area contributed by atoms with Crippen LogP contribution in [-0.4, -0.2) is 34.2 Å². The van der Waals surface area contributed by atoms with E-state index >= 15 is 0 Å². The number of hydrogen-bond donors (Lipinski definition) is 1. The number of oxazole rings is 1. The molecule has 0 radical (unpaired) electrons. The van der Waals surface area contributed by atoms with E-state index in [0.717, 1.165) is 43.1 Å². The molecule has 2 aromatic rings. The maximum Gasteiger partial charge on any atom is 0.227 e. The van der Waals surface area contributed by atoms with E-state index in [9.17, 15) is 5.11 Å². The third-order valence-electron chi connectivity index (χ3n) is 3.28. The summed E-state index contributed by atoms with van der Waals surface area (Å²) in [4.78, 5) is 6.77. The molecule has 3 rings (SSSR count). The predicted octanol–water partition coefficient (Wildman–Crippen LogP) is 2.28. The average molecular weight is 264 g/mol. The Hall–Kier alpha value is -1.17. The molecule has 4 nitrogen and oxygen atoms in total. The van der Waals surface area contributed by atoms with Crippen LogP contribution in [-0.2, 0) is 6.54 Å². The third-order valence-corrected chi connectivity index (χ3v) is 3.96. The molecule has 3 heterocycles. The van der Waals surface area contributed by atoms with Crippen molar-refractivity contribution in [2.75, 3.05) is 13.1 Å². The monoisotopic (exact) mass is 264 g/mol. The van der Waals surface area contributed by atoms with Gasteiger partial charge in [-0.2, -0.15) is 11.3 Å². The normalized spacial score (nSPS) is 20.7. The topological polar surface area (TPSA) is 49.5 Å². The molecule has 18 heavy (non-hydrogen) atoms. The van der Waals surface area contributed by atoms with Crippen molar-refractivity contribution < 1.29 is 9.52 Å². The Morgan fingerprint density at radius 2 is 2.50 bits per heavy atom. The molecule has 1 atom stereocenters. The molecule has 1 fully saturated rings. The maximum absolute atomic E-state index is 9.52. The van der Waals surface area contributed by atoms with Crippen molar-refractivity contribution in [1.29, 1.82) is 0 Å². The van der Waals surface area contributed by atoms with Crippen LogP contribution in [0, 0.1) is 6.92 Å². The third kappa shape index (κ3) is 2.34. The first-order valence-corrected chi connectivity index (χ1v) is 7.06. The van der Waals surface area contributed by atoms with Crippen LogP contribution < -0.4 is 0 Å². The van der Waals surface area contributed by atoms with Crippen LogP contribution in [0.3, 0.4) is 0 Å². The summed E-state index contributed by atoms with van der Waals surface area (Å²) in [5, 5.41) is 13.6. The van der Waals surface area contributed by atoms with Gasteiger partial charge in [0, 0.05) is 30.6 Å². The van der Waals surface area contributed by atoms with Gasteiger partial charge in [0.25, 0.3) is 0 Å². The highest BCUT2D eigenvalue weighted by molar-refractivity contribution is 7.08. The lowest BCUT2D eigenvalue weighted by Crippen LogP contribution is -2.22. The fraction of sp³-hybridized carbons (Fsp3) is 0.462. The Bertz CT molecular complexity index is 521. The first kappa shape index (κ1) is 11.9. The molecule has 5 heteroatoms. The van der Waals surface area contributed by atoms with E-state index in [2.05, 4.69) is 9.88 Å². The van der Waals surface area contributed by atoms with Crippen LogP contribution in [0.4, 0.5) is 0 Å². The predicted molar refractivity (Wildman–Crippen MR) is 70.5 cm³/mol. The van der Waals surface area contributed by atoms with Crippen molar-refractivity contribution in [3.05, 3.63) is 28.3 Å². The SMILES string of the molecule is Cc1oc(-c2ccsc2)nc1CN1CCC(O)C1. The van der Waals surface area contributed by atoms with Gasteiger partial charge in [0.05, 0.1) is 11.8 Å². The lowest BCUT2D eigenvalue weighted by Gasteiger charge is -2.12. The van der Waals surface area contributed by atoms with Gasteiger partial charge in [-0.15, -0.1) is 0 Å². The highest BCUT2D eigenvalue weighted by Gasteiger charge is 2.22. The lowest BCUT2D eigenvalue weighted by atomic mass is 10.3. The maximum atomic E-state index is 9.52. The van der Waals surface area contributed by atoms with Gasteiger partial charge in [-0.3, -0.25) is 4.90 Å². The van der Waals surface area contributed by atoms with Crippen molar-refractivity contribution in [1.82, 2.24) is 9.88 Å². The van der Waals surface area contributed by atoms with Crippen LogP contribution in [0.5, 0.6) is 0 Å². The van der Waals surface area contributed by atoms with Crippen molar-refractivity contribution in [2.45, 2.75) is 26.0 Å². The molecule has 0 saturated carbocycles. The van der Waals surface area contributed by atoms with Crippen molar-refractivity contribution in [3.63, 3.8) is 0 Å². The molecule has 96 valence electrons. The summed E-state index contributed by atoms with van der Waals surface area (Å²) in [7, 11) is 0. The van der Waals surface area contributed by atoms with Gasteiger partial charge in [-0.05, 0) is 24.8 Å². The van der Waals surface area contributed by atoms with E-state index < -0.39 is 0 Å². The standard InChI is InChI=1S/C13H16N2O2S/c1-9-12(7-15-4-2-11(16)6-15)14-13(17-9)10-3-5-18-8-10/h3,5,8,11,16H,2,4,6-7H2,1H3. The van der Waals surface area contributed by atoms with Gasteiger partial charge in [-0.1, -0.05) is 0 Å². The molecule has 0 aliphatic carbocycles.